The average molecular weight is 243 g/mol. The van der Waals surface area contributed by atoms with E-state index in [0.717, 1.165) is 13.0 Å². The smallest absolute Gasteiger partial charge is 0.156 e. The fourth-order valence-electron chi connectivity index (χ4n) is 2.22. The largest absolute Gasteiger partial charge is 0.409 e. The number of oxime groups is 1. The van der Waals surface area contributed by atoms with Crippen molar-refractivity contribution in [3.05, 3.63) is 0 Å². The van der Waals surface area contributed by atoms with Gasteiger partial charge in [0.05, 0.1) is 18.8 Å². The Labute approximate surface area is 103 Å². The lowest BCUT2D eigenvalue weighted by molar-refractivity contribution is 0.0299. The number of hydrogen-bond acceptors (Lipinski definition) is 4. The van der Waals surface area contributed by atoms with Gasteiger partial charge in [0, 0.05) is 6.54 Å². The third-order valence-electron chi connectivity index (χ3n) is 3.28. The van der Waals surface area contributed by atoms with Crippen molar-refractivity contribution in [2.75, 3.05) is 13.2 Å². The van der Waals surface area contributed by atoms with Gasteiger partial charge in [-0.05, 0) is 19.3 Å². The highest BCUT2D eigenvalue weighted by molar-refractivity contribution is 5.85. The molecule has 0 radical (unpaired) electrons. The first-order valence-electron chi connectivity index (χ1n) is 6.60. The average Bonchev–Trinajstić information content (AvgIpc) is 2.39. The van der Waals surface area contributed by atoms with Crippen LogP contribution in [-0.4, -0.2) is 36.3 Å². The molecule has 0 spiro atoms. The quantitative estimate of drug-likeness (QED) is 0.208. The number of hydrogen-bond donors (Lipinski definition) is 3. The number of amidine groups is 1. The summed E-state index contributed by atoms with van der Waals surface area (Å²) < 4.78 is 5.79. The highest BCUT2D eigenvalue weighted by atomic mass is 16.5. The molecule has 0 saturated heterocycles. The Balaban J connectivity index is 2.09. The molecule has 1 atom stereocenters. The second kappa shape index (κ2) is 8.31. The normalized spacial score (nSPS) is 20.4. The van der Waals surface area contributed by atoms with Gasteiger partial charge < -0.3 is 21.0 Å². The maximum Gasteiger partial charge on any atom is 0.156 e. The first-order chi connectivity index (χ1) is 8.27. The molecule has 5 heteroatoms. The first kappa shape index (κ1) is 14.3. The molecular weight excluding hydrogens is 218 g/mol. The van der Waals surface area contributed by atoms with Gasteiger partial charge >= 0.3 is 0 Å². The number of nitrogens with zero attached hydrogens (tertiary/aromatic N) is 1. The van der Waals surface area contributed by atoms with Crippen molar-refractivity contribution in [1.82, 2.24) is 5.32 Å². The Morgan fingerprint density at radius 1 is 1.47 bits per heavy atom. The van der Waals surface area contributed by atoms with Gasteiger partial charge in [0.15, 0.2) is 5.84 Å². The van der Waals surface area contributed by atoms with E-state index in [-0.39, 0.29) is 11.9 Å². The maximum atomic E-state index is 8.59. The van der Waals surface area contributed by atoms with E-state index in [2.05, 4.69) is 10.5 Å². The molecule has 5 nitrogen and oxygen atoms in total. The van der Waals surface area contributed by atoms with Crippen LogP contribution in [0.25, 0.3) is 0 Å². The summed E-state index contributed by atoms with van der Waals surface area (Å²) in [5.41, 5.74) is 5.55. The van der Waals surface area contributed by atoms with Crippen molar-refractivity contribution >= 4 is 5.84 Å². The zero-order valence-electron chi connectivity index (χ0n) is 10.7. The Kier molecular flexibility index (Phi) is 6.96. The minimum Gasteiger partial charge on any atom is -0.409 e. The number of nitrogens with two attached hydrogens (primary N) is 1. The number of ether oxygens (including phenoxy) is 1. The monoisotopic (exact) mass is 243 g/mol. The van der Waals surface area contributed by atoms with Crippen LogP contribution in [0.4, 0.5) is 0 Å². The summed E-state index contributed by atoms with van der Waals surface area (Å²) in [7, 11) is 0. The molecule has 0 bridgehead atoms. The van der Waals surface area contributed by atoms with Crippen LogP contribution in [-0.2, 0) is 4.74 Å². The van der Waals surface area contributed by atoms with Gasteiger partial charge in [0.25, 0.3) is 0 Å². The number of nitrogens with one attached hydrogen (secondary N) is 1. The highest BCUT2D eigenvalue weighted by Gasteiger charge is 2.14. The lowest BCUT2D eigenvalue weighted by Gasteiger charge is -2.22. The van der Waals surface area contributed by atoms with Gasteiger partial charge in [-0.2, -0.15) is 0 Å². The molecule has 0 aromatic rings. The molecule has 1 fully saturated rings. The SMILES string of the molecule is CCC(NCCOC1CCCCC1)C(N)=NO. The first-order valence-corrected chi connectivity index (χ1v) is 6.60. The van der Waals surface area contributed by atoms with Crippen LogP contribution in [0.1, 0.15) is 45.4 Å². The molecule has 17 heavy (non-hydrogen) atoms. The van der Waals surface area contributed by atoms with Gasteiger partial charge in [0.1, 0.15) is 0 Å². The van der Waals surface area contributed by atoms with E-state index in [1.165, 1.54) is 32.1 Å². The van der Waals surface area contributed by atoms with Gasteiger partial charge in [-0.25, -0.2) is 0 Å². The summed E-state index contributed by atoms with van der Waals surface area (Å²) in [5, 5.41) is 14.8. The molecular formula is C12H25N3O2. The van der Waals surface area contributed by atoms with E-state index in [0.29, 0.717) is 12.7 Å². The van der Waals surface area contributed by atoms with E-state index in [9.17, 15) is 0 Å². The minimum atomic E-state index is -0.0602. The molecule has 0 aliphatic heterocycles. The summed E-state index contributed by atoms with van der Waals surface area (Å²) in [6.07, 6.45) is 7.56. The van der Waals surface area contributed by atoms with Crippen LogP contribution in [0.2, 0.25) is 0 Å². The molecule has 1 rings (SSSR count). The summed E-state index contributed by atoms with van der Waals surface area (Å²) in [6.45, 7) is 3.43. The van der Waals surface area contributed by atoms with Crippen molar-refractivity contribution in [2.45, 2.75) is 57.6 Å². The Hall–Kier alpha value is -0.810. The van der Waals surface area contributed by atoms with Crippen molar-refractivity contribution in [3.63, 3.8) is 0 Å². The molecule has 1 aliphatic carbocycles. The van der Waals surface area contributed by atoms with Crippen LogP contribution >= 0.6 is 0 Å². The lowest BCUT2D eigenvalue weighted by Crippen LogP contribution is -2.42. The molecule has 100 valence electrons. The maximum absolute atomic E-state index is 8.59. The van der Waals surface area contributed by atoms with Crippen LogP contribution in [0.3, 0.4) is 0 Å². The van der Waals surface area contributed by atoms with Crippen LogP contribution in [0.5, 0.6) is 0 Å². The Morgan fingerprint density at radius 2 is 2.18 bits per heavy atom. The third-order valence-corrected chi connectivity index (χ3v) is 3.28. The Bertz CT molecular complexity index is 228. The van der Waals surface area contributed by atoms with Crippen LogP contribution in [0.15, 0.2) is 5.16 Å². The standard InChI is InChI=1S/C12H25N3O2/c1-2-11(12(13)15-16)14-8-9-17-10-6-4-3-5-7-10/h10-11,14,16H,2-9H2,1H3,(H2,13,15). The van der Waals surface area contributed by atoms with Gasteiger partial charge in [-0.3, -0.25) is 0 Å². The van der Waals surface area contributed by atoms with Crippen LogP contribution in [0, 0.1) is 0 Å². The van der Waals surface area contributed by atoms with Gasteiger partial charge in [-0.1, -0.05) is 31.3 Å². The summed E-state index contributed by atoms with van der Waals surface area (Å²) >= 11 is 0. The fraction of sp³-hybridized carbons (Fsp3) is 0.917. The van der Waals surface area contributed by atoms with E-state index < -0.39 is 0 Å². The van der Waals surface area contributed by atoms with Gasteiger partial charge in [0.2, 0.25) is 0 Å². The van der Waals surface area contributed by atoms with Crippen molar-refractivity contribution < 1.29 is 9.94 Å². The van der Waals surface area contributed by atoms with Crippen LogP contribution < -0.4 is 11.1 Å². The molecule has 0 aromatic heterocycles. The molecule has 1 saturated carbocycles. The summed E-state index contributed by atoms with van der Waals surface area (Å²) in [6, 6.07) is -0.0602. The number of rotatable bonds is 7. The molecule has 1 aliphatic rings. The second-order valence-corrected chi connectivity index (χ2v) is 4.57. The van der Waals surface area contributed by atoms with E-state index >= 15 is 0 Å². The molecule has 0 amide bonds. The van der Waals surface area contributed by atoms with Crippen molar-refractivity contribution in [2.24, 2.45) is 10.9 Å². The van der Waals surface area contributed by atoms with Crippen molar-refractivity contribution in [3.8, 4) is 0 Å². The predicted octanol–water partition coefficient (Wildman–Crippen LogP) is 1.45. The molecule has 1 unspecified atom stereocenters. The zero-order valence-corrected chi connectivity index (χ0v) is 10.7. The molecule has 4 N–H and O–H groups in total. The van der Waals surface area contributed by atoms with Gasteiger partial charge in [-0.15, -0.1) is 0 Å². The fourth-order valence-corrected chi connectivity index (χ4v) is 2.22. The summed E-state index contributed by atoms with van der Waals surface area (Å²) in [5.74, 6) is 0.241. The van der Waals surface area contributed by atoms with Crippen molar-refractivity contribution in [1.29, 1.82) is 0 Å². The lowest BCUT2D eigenvalue weighted by atomic mass is 9.98. The minimum absolute atomic E-state index is 0.0602. The predicted molar refractivity (Wildman–Crippen MR) is 68.3 cm³/mol. The summed E-state index contributed by atoms with van der Waals surface area (Å²) in [4.78, 5) is 0. The topological polar surface area (TPSA) is 79.9 Å². The molecule has 0 heterocycles. The van der Waals surface area contributed by atoms with E-state index in [4.69, 9.17) is 15.7 Å². The Morgan fingerprint density at radius 3 is 2.76 bits per heavy atom. The highest BCUT2D eigenvalue weighted by Crippen LogP contribution is 2.19. The second-order valence-electron chi connectivity index (χ2n) is 4.57. The zero-order chi connectivity index (χ0) is 12.5. The molecule has 0 aromatic carbocycles. The third kappa shape index (κ3) is 5.37. The van der Waals surface area contributed by atoms with E-state index in [1.807, 2.05) is 6.92 Å². The van der Waals surface area contributed by atoms with E-state index in [1.54, 1.807) is 0 Å².